The van der Waals surface area contributed by atoms with Crippen LogP contribution in [0.5, 0.6) is 0 Å². The number of hydrogen-bond acceptors (Lipinski definition) is 7. The minimum atomic E-state index is 0.0663. The Kier molecular flexibility index (Phi) is 36.3. The Balaban J connectivity index is 0.000000623. The molecule has 0 unspecified atom stereocenters. The third-order valence-electron chi connectivity index (χ3n) is 20.0. The summed E-state index contributed by atoms with van der Waals surface area (Å²) >= 11 is 1.88. The van der Waals surface area contributed by atoms with Gasteiger partial charge in [-0.05, 0) is 185 Å². The molecule has 0 N–H and O–H groups in total. The van der Waals surface area contributed by atoms with Gasteiger partial charge in [-0.15, -0.1) is 11.3 Å². The van der Waals surface area contributed by atoms with Gasteiger partial charge in [-0.3, -0.25) is 29.9 Å². The van der Waals surface area contributed by atoms with Crippen LogP contribution in [0.4, 0.5) is 0 Å². The quantitative estimate of drug-likeness (QED) is 0.153. The molecule has 6 aromatic rings. The lowest BCUT2D eigenvalue weighted by molar-refractivity contribution is 0.389. The molecule has 0 amide bonds. The van der Waals surface area contributed by atoms with Crippen LogP contribution in [0, 0.1) is 21.7 Å². The highest BCUT2D eigenvalue weighted by Gasteiger charge is 2.34. The summed E-state index contributed by atoms with van der Waals surface area (Å²) in [5.74, 6) is 0.581. The minimum Gasteiger partial charge on any atom is -0.264 e. The molecule has 2 aliphatic carbocycles. The zero-order valence-electron chi connectivity index (χ0n) is 80.4. The van der Waals surface area contributed by atoms with Crippen molar-refractivity contribution in [3.63, 3.8) is 0 Å². The first kappa shape index (κ1) is 102. The number of nitrogens with zero attached hydrogens (tertiary/aromatic N) is 6. The third kappa shape index (κ3) is 34.2. The number of hydrogen-bond donors (Lipinski definition) is 0. The Morgan fingerprint density at radius 1 is 0.248 bits per heavy atom. The average Bonchev–Trinajstić information content (AvgIpc) is 1.81. The maximum absolute atomic E-state index is 4.52. The molecule has 0 saturated carbocycles. The van der Waals surface area contributed by atoms with Gasteiger partial charge in [0, 0.05) is 87.5 Å². The van der Waals surface area contributed by atoms with Gasteiger partial charge in [0.25, 0.3) is 0 Å². The highest BCUT2D eigenvalue weighted by molar-refractivity contribution is 7.10. The van der Waals surface area contributed by atoms with E-state index in [2.05, 4.69) is 391 Å². The number of rotatable bonds is 1. The molecule has 6 aromatic heterocycles. The van der Waals surface area contributed by atoms with E-state index in [1.54, 1.807) is 34.7 Å². The standard InChI is InChI=1S/C14H26.3C13H21N.C13H24.C12H20N2.C12H19N.C12H20S/c1-13(2,3)11-9-7-8-10-12(11)14(4,5)6;1-12(2,3)10-7-8-14-9-11(10)13(4,5)6;2*1-12(2,3)10-8-7-9-14-11(10)13(4,5)6;1-12(2,3)10-8-7-9-11(10)13(4,5)6;1-11(2,3)9-10(12(4,5)6)14-8-7-13-9;1-9(2)10-6-7-13-8-11(10)12(3,4)5;1-11(2,3)9-7-8-13-10(9)12(4,5)6/h7-10H2,1-6H3;3*7-9H,1-6H3;7-9H2,1-6H3;7-8H,1-6H3;6-9H,1-5H3;7-8H,1-6H3. The summed E-state index contributed by atoms with van der Waals surface area (Å²) in [7, 11) is 0. The monoisotopic (exact) mass is 1510 g/mol. The summed E-state index contributed by atoms with van der Waals surface area (Å²) in [5, 5.41) is 2.21. The fourth-order valence-electron chi connectivity index (χ4n) is 14.3. The van der Waals surface area contributed by atoms with Crippen LogP contribution >= 0.6 is 11.3 Å². The van der Waals surface area contributed by atoms with Crippen molar-refractivity contribution in [1.29, 1.82) is 0 Å². The van der Waals surface area contributed by atoms with Gasteiger partial charge < -0.3 is 0 Å². The average molecular weight is 1510 g/mol. The molecule has 2 aliphatic rings. The Morgan fingerprint density at radius 3 is 0.771 bits per heavy atom. The predicted octanol–water partition coefficient (Wildman–Crippen LogP) is 31.5. The predicted molar refractivity (Wildman–Crippen MR) is 487 cm³/mol. The number of pyridine rings is 4. The zero-order valence-corrected chi connectivity index (χ0v) is 81.2. The van der Waals surface area contributed by atoms with Crippen molar-refractivity contribution >= 4 is 11.3 Å². The van der Waals surface area contributed by atoms with Crippen LogP contribution in [0.2, 0.25) is 0 Å². The summed E-state index contributed by atoms with van der Waals surface area (Å²) in [5.41, 5.74) is 24.7. The molecule has 8 rings (SSSR count). The number of thiophene rings is 1. The second-order valence-electron chi connectivity index (χ2n) is 47.0. The molecule has 0 aliphatic heterocycles. The molecule has 0 bridgehead atoms. The van der Waals surface area contributed by atoms with Gasteiger partial charge in [-0.25, -0.2) is 0 Å². The first-order valence-corrected chi connectivity index (χ1v) is 42.6. The lowest BCUT2D eigenvalue weighted by Gasteiger charge is -2.36. The van der Waals surface area contributed by atoms with Crippen molar-refractivity contribution in [2.45, 2.75) is 436 Å². The molecule has 0 atom stereocenters. The second-order valence-corrected chi connectivity index (χ2v) is 47.9. The Morgan fingerprint density at radius 2 is 0.532 bits per heavy atom. The van der Waals surface area contributed by atoms with Crippen LogP contribution in [0.15, 0.2) is 120 Å². The summed E-state index contributed by atoms with van der Waals surface area (Å²) in [6.45, 7) is 106. The van der Waals surface area contributed by atoms with Crippen LogP contribution in [0.25, 0.3) is 0 Å². The topological polar surface area (TPSA) is 77.3 Å². The molecule has 6 nitrogen and oxygen atoms in total. The molecule has 0 fully saturated rings. The van der Waals surface area contributed by atoms with Crippen molar-refractivity contribution in [3.05, 3.63) is 186 Å². The van der Waals surface area contributed by atoms with Gasteiger partial charge in [0.1, 0.15) is 0 Å². The summed E-state index contributed by atoms with van der Waals surface area (Å²) in [6, 6.07) is 15.0. The number of allylic oxidation sites excluding steroid dienone is 4. The zero-order chi connectivity index (χ0) is 85.5. The number of aromatic nitrogens is 6. The third-order valence-corrected chi connectivity index (χ3v) is 21.3. The van der Waals surface area contributed by atoms with Crippen molar-refractivity contribution < 1.29 is 0 Å². The Bertz CT molecular complexity index is 3290. The molecule has 109 heavy (non-hydrogen) atoms. The van der Waals surface area contributed by atoms with E-state index >= 15 is 0 Å². The maximum atomic E-state index is 4.52. The summed E-state index contributed by atoms with van der Waals surface area (Å²) in [4.78, 5) is 27.9. The fraction of sp³-hybridized carbons (Fsp3) is 0.686. The van der Waals surface area contributed by atoms with Gasteiger partial charge >= 0.3 is 0 Å². The molecule has 7 heteroatoms. The highest BCUT2D eigenvalue weighted by atomic mass is 32.1. The van der Waals surface area contributed by atoms with Crippen molar-refractivity contribution in [3.8, 4) is 0 Å². The summed E-state index contributed by atoms with van der Waals surface area (Å²) in [6.07, 6.45) is 24.6. The lowest BCUT2D eigenvalue weighted by atomic mass is 9.69. The van der Waals surface area contributed by atoms with E-state index in [4.69, 9.17) is 0 Å². The highest BCUT2D eigenvalue weighted by Crippen LogP contribution is 2.47. The Labute approximate surface area is 680 Å². The molecule has 0 aromatic carbocycles. The van der Waals surface area contributed by atoms with E-state index in [0.717, 1.165) is 11.4 Å². The van der Waals surface area contributed by atoms with Crippen LogP contribution in [0.3, 0.4) is 0 Å². The Hall–Kier alpha value is -5.14. The SMILES string of the molecule is CC(C)(C)C1=C(C(C)(C)C)CCC1.CC(C)(C)C1=C(C(C)(C)C)CCCC1.CC(C)(C)c1cccnc1C(C)(C)C.CC(C)(C)c1cccnc1C(C)(C)C.CC(C)(C)c1ccncc1C(C)(C)C.CC(C)(C)c1ccsc1C(C)(C)C.CC(C)(C)c1nccnc1C(C)(C)C.CC(C)c1ccncc1C(C)(C)C. The summed E-state index contributed by atoms with van der Waals surface area (Å²) < 4.78 is 0. The van der Waals surface area contributed by atoms with Crippen LogP contribution in [-0.2, 0) is 59.6 Å². The van der Waals surface area contributed by atoms with E-state index < -0.39 is 0 Å². The largest absolute Gasteiger partial charge is 0.264 e. The van der Waals surface area contributed by atoms with E-state index in [9.17, 15) is 0 Å². The van der Waals surface area contributed by atoms with Gasteiger partial charge in [-0.2, -0.15) is 0 Å². The van der Waals surface area contributed by atoms with Crippen LogP contribution in [0.1, 0.15) is 443 Å². The smallest absolute Gasteiger partial charge is 0.0677 e. The maximum Gasteiger partial charge on any atom is 0.0677 e. The molecule has 0 radical (unpaired) electrons. The van der Waals surface area contributed by atoms with Gasteiger partial charge in [-0.1, -0.05) is 360 Å². The molecule has 0 spiro atoms. The van der Waals surface area contributed by atoms with E-state index in [1.807, 2.05) is 60.7 Å². The first-order chi connectivity index (χ1) is 48.5. The van der Waals surface area contributed by atoms with E-state index in [0.29, 0.717) is 27.6 Å². The van der Waals surface area contributed by atoms with E-state index in [1.165, 1.54) is 100 Å². The van der Waals surface area contributed by atoms with Gasteiger partial charge in [0.15, 0.2) is 0 Å². The van der Waals surface area contributed by atoms with Gasteiger partial charge in [0.2, 0.25) is 0 Å². The molecule has 6 heterocycles. The van der Waals surface area contributed by atoms with Crippen LogP contribution in [-0.4, -0.2) is 29.9 Å². The molecular formula is C102H172N6S. The minimum absolute atomic E-state index is 0.0663. The van der Waals surface area contributed by atoms with Crippen molar-refractivity contribution in [1.82, 2.24) is 29.9 Å². The molecule has 616 valence electrons. The van der Waals surface area contributed by atoms with Crippen LogP contribution < -0.4 is 0 Å². The first-order valence-electron chi connectivity index (χ1n) is 41.7. The van der Waals surface area contributed by atoms with Crippen molar-refractivity contribution in [2.75, 3.05) is 0 Å². The van der Waals surface area contributed by atoms with E-state index in [-0.39, 0.29) is 59.6 Å². The second kappa shape index (κ2) is 38.8. The van der Waals surface area contributed by atoms with Gasteiger partial charge in [0.05, 0.1) is 11.4 Å². The lowest BCUT2D eigenvalue weighted by Crippen LogP contribution is -2.24. The molecular weight excluding hydrogens is 1340 g/mol. The molecule has 0 saturated heterocycles. The fourth-order valence-corrected chi connectivity index (χ4v) is 15.5. The normalized spacial score (nSPS) is 14.7. The van der Waals surface area contributed by atoms with Crippen molar-refractivity contribution in [2.24, 2.45) is 21.7 Å².